The van der Waals surface area contributed by atoms with Crippen LogP contribution >= 0.6 is 0 Å². The Kier molecular flexibility index (Phi) is 4.73. The average Bonchev–Trinajstić information content (AvgIpc) is 2.61. The van der Waals surface area contributed by atoms with Gasteiger partial charge in [-0.2, -0.15) is 0 Å². The third-order valence-electron chi connectivity index (χ3n) is 3.40. The highest BCUT2D eigenvalue weighted by molar-refractivity contribution is 5.91. The van der Waals surface area contributed by atoms with E-state index in [1.54, 1.807) is 39.0 Å². The Morgan fingerprint density at radius 1 is 1.13 bits per heavy atom. The largest absolute Gasteiger partial charge is 0.465 e. The number of methoxy groups -OCH3 is 1. The van der Waals surface area contributed by atoms with Crippen LogP contribution in [0.3, 0.4) is 0 Å². The summed E-state index contributed by atoms with van der Waals surface area (Å²) in [5, 5.41) is 0. The first kappa shape index (κ1) is 17.0. The Labute approximate surface area is 135 Å². The van der Waals surface area contributed by atoms with Gasteiger partial charge in [-0.3, -0.25) is 9.69 Å². The molecule has 0 N–H and O–H groups in total. The number of benzene rings is 1. The molecule has 1 aromatic rings. The van der Waals surface area contributed by atoms with Crippen molar-refractivity contribution in [2.75, 3.05) is 13.7 Å². The molecule has 1 heterocycles. The van der Waals surface area contributed by atoms with Crippen LogP contribution in [0.4, 0.5) is 4.79 Å². The molecule has 23 heavy (non-hydrogen) atoms. The highest BCUT2D eigenvalue weighted by Gasteiger charge is 2.28. The molecule has 2 rings (SSSR count). The Bertz CT molecular complexity index is 645. The van der Waals surface area contributed by atoms with Crippen LogP contribution in [0, 0.1) is 0 Å². The normalized spacial score (nSPS) is 14.8. The Morgan fingerprint density at radius 2 is 1.83 bits per heavy atom. The Balaban J connectivity index is 2.29. The van der Waals surface area contributed by atoms with Gasteiger partial charge in [-0.1, -0.05) is 6.07 Å². The summed E-state index contributed by atoms with van der Waals surface area (Å²) in [7, 11) is 1.31. The Morgan fingerprint density at radius 3 is 2.43 bits per heavy atom. The highest BCUT2D eigenvalue weighted by Crippen LogP contribution is 2.21. The molecule has 124 valence electrons. The van der Waals surface area contributed by atoms with E-state index in [-0.39, 0.29) is 25.3 Å². The molecule has 1 aromatic carbocycles. The van der Waals surface area contributed by atoms with Crippen LogP contribution in [-0.4, -0.2) is 42.0 Å². The zero-order chi connectivity index (χ0) is 17.2. The van der Waals surface area contributed by atoms with Gasteiger partial charge >= 0.3 is 12.1 Å². The number of ether oxygens (including phenoxy) is 2. The van der Waals surface area contributed by atoms with Crippen molar-refractivity contribution in [3.8, 4) is 0 Å². The number of carbonyl (C=O) groups excluding carboxylic acids is 3. The number of nitrogens with zero attached hydrogens (tertiary/aromatic N) is 1. The first-order valence-electron chi connectivity index (χ1n) is 7.39. The monoisotopic (exact) mass is 319 g/mol. The summed E-state index contributed by atoms with van der Waals surface area (Å²) >= 11 is 0. The first-order chi connectivity index (χ1) is 10.7. The molecule has 0 saturated heterocycles. The molecular weight excluding hydrogens is 298 g/mol. The molecule has 0 spiro atoms. The fraction of sp³-hybridized carbons (Fsp3) is 0.471. The van der Waals surface area contributed by atoms with Crippen LogP contribution in [0.1, 0.15) is 42.3 Å². The lowest BCUT2D eigenvalue weighted by molar-refractivity contribution is -0.119. The molecular formula is C17H21NO5. The predicted octanol–water partition coefficient (Wildman–Crippen LogP) is 2.34. The number of fused-ring (bicyclic) bond motifs is 1. The molecule has 1 aliphatic rings. The number of esters is 1. The van der Waals surface area contributed by atoms with Crippen LogP contribution < -0.4 is 0 Å². The number of hydrogen-bond donors (Lipinski definition) is 0. The maximum Gasteiger partial charge on any atom is 0.410 e. The molecule has 0 bridgehead atoms. The number of Topliss-reactive ketones (excluding diaryl/α,β-unsaturated/α-hetero) is 1. The zero-order valence-corrected chi connectivity index (χ0v) is 13.8. The van der Waals surface area contributed by atoms with E-state index in [1.807, 2.05) is 0 Å². The number of hydrogen-bond acceptors (Lipinski definition) is 5. The van der Waals surface area contributed by atoms with Crippen molar-refractivity contribution < 1.29 is 23.9 Å². The summed E-state index contributed by atoms with van der Waals surface area (Å²) in [5.41, 5.74) is 1.33. The summed E-state index contributed by atoms with van der Waals surface area (Å²) in [4.78, 5) is 37.3. The third-order valence-corrected chi connectivity index (χ3v) is 3.40. The zero-order valence-electron chi connectivity index (χ0n) is 13.8. The van der Waals surface area contributed by atoms with Gasteiger partial charge in [0.1, 0.15) is 5.60 Å². The molecule has 0 radical (unpaired) electrons. The first-order valence-corrected chi connectivity index (χ1v) is 7.39. The van der Waals surface area contributed by atoms with Crippen LogP contribution in [-0.2, 0) is 27.2 Å². The van der Waals surface area contributed by atoms with Gasteiger partial charge in [-0.05, 0) is 44.0 Å². The van der Waals surface area contributed by atoms with Gasteiger partial charge in [-0.25, -0.2) is 9.59 Å². The minimum absolute atomic E-state index is 0.00283. The van der Waals surface area contributed by atoms with E-state index in [2.05, 4.69) is 0 Å². The summed E-state index contributed by atoms with van der Waals surface area (Å²) in [6.45, 7) is 5.54. The van der Waals surface area contributed by atoms with Crippen LogP contribution in [0.5, 0.6) is 0 Å². The summed E-state index contributed by atoms with van der Waals surface area (Å²) in [6.07, 6.45) is -0.307. The van der Waals surface area contributed by atoms with E-state index >= 15 is 0 Å². The topological polar surface area (TPSA) is 72.9 Å². The smallest absolute Gasteiger partial charge is 0.410 e. The van der Waals surface area contributed by atoms with Gasteiger partial charge in [0.2, 0.25) is 0 Å². The fourth-order valence-corrected chi connectivity index (χ4v) is 2.39. The van der Waals surface area contributed by atoms with E-state index in [9.17, 15) is 14.4 Å². The summed E-state index contributed by atoms with van der Waals surface area (Å²) < 4.78 is 10.0. The number of amides is 1. The number of carbonyl (C=O) groups is 3. The van der Waals surface area contributed by atoms with Crippen molar-refractivity contribution in [1.29, 1.82) is 0 Å². The van der Waals surface area contributed by atoms with Crippen molar-refractivity contribution >= 4 is 17.8 Å². The quantitative estimate of drug-likeness (QED) is 0.743. The maximum atomic E-state index is 12.3. The predicted molar refractivity (Wildman–Crippen MR) is 83.1 cm³/mol. The lowest BCUT2D eigenvalue weighted by Crippen LogP contribution is -2.38. The third kappa shape index (κ3) is 4.31. The average molecular weight is 319 g/mol. The molecule has 0 aromatic heterocycles. The van der Waals surface area contributed by atoms with E-state index in [0.29, 0.717) is 5.56 Å². The maximum absolute atomic E-state index is 12.3. The molecule has 1 aliphatic heterocycles. The lowest BCUT2D eigenvalue weighted by atomic mass is 10.0. The summed E-state index contributed by atoms with van der Waals surface area (Å²) in [6, 6.07) is 5.02. The van der Waals surface area contributed by atoms with Gasteiger partial charge in [0.05, 0.1) is 19.2 Å². The van der Waals surface area contributed by atoms with E-state index in [4.69, 9.17) is 9.47 Å². The second kappa shape index (κ2) is 6.40. The number of rotatable bonds is 1. The van der Waals surface area contributed by atoms with Crippen molar-refractivity contribution in [3.05, 3.63) is 34.9 Å². The van der Waals surface area contributed by atoms with Crippen molar-refractivity contribution in [1.82, 2.24) is 4.90 Å². The van der Waals surface area contributed by atoms with Gasteiger partial charge in [0.25, 0.3) is 0 Å². The van der Waals surface area contributed by atoms with Gasteiger partial charge in [0.15, 0.2) is 5.78 Å². The van der Waals surface area contributed by atoms with Crippen molar-refractivity contribution in [2.45, 2.75) is 39.3 Å². The standard InChI is InChI=1S/C17H21NO5/c1-17(2,3)23-16(21)18-9-13-7-12(15(20)22-4)6-5-11(13)8-14(19)10-18/h5-7H,8-10H2,1-4H3. The fourth-order valence-electron chi connectivity index (χ4n) is 2.39. The molecule has 0 unspecified atom stereocenters. The molecule has 0 aliphatic carbocycles. The van der Waals surface area contributed by atoms with E-state index in [1.165, 1.54) is 12.0 Å². The van der Waals surface area contributed by atoms with Crippen LogP contribution in [0.2, 0.25) is 0 Å². The lowest BCUT2D eigenvalue weighted by Gasteiger charge is -2.26. The van der Waals surface area contributed by atoms with Gasteiger partial charge in [-0.15, -0.1) is 0 Å². The highest BCUT2D eigenvalue weighted by atomic mass is 16.6. The molecule has 1 amide bonds. The second-order valence-corrected chi connectivity index (χ2v) is 6.53. The number of ketones is 1. The van der Waals surface area contributed by atoms with Gasteiger partial charge in [0, 0.05) is 13.0 Å². The van der Waals surface area contributed by atoms with Crippen LogP contribution in [0.25, 0.3) is 0 Å². The minimum atomic E-state index is -0.636. The SMILES string of the molecule is COC(=O)c1ccc2c(c1)CN(C(=O)OC(C)(C)C)CC(=O)C2. The second-order valence-electron chi connectivity index (χ2n) is 6.53. The molecule has 0 saturated carbocycles. The van der Waals surface area contributed by atoms with E-state index < -0.39 is 17.7 Å². The minimum Gasteiger partial charge on any atom is -0.465 e. The van der Waals surface area contributed by atoms with Crippen molar-refractivity contribution in [3.63, 3.8) is 0 Å². The molecule has 6 heteroatoms. The van der Waals surface area contributed by atoms with Gasteiger partial charge < -0.3 is 9.47 Å². The van der Waals surface area contributed by atoms with Crippen molar-refractivity contribution in [2.24, 2.45) is 0 Å². The van der Waals surface area contributed by atoms with E-state index in [0.717, 1.165) is 11.1 Å². The molecule has 0 fully saturated rings. The summed E-state index contributed by atoms with van der Waals surface area (Å²) in [5.74, 6) is -0.521. The Hall–Kier alpha value is -2.37. The van der Waals surface area contributed by atoms with Crippen LogP contribution in [0.15, 0.2) is 18.2 Å². The molecule has 0 atom stereocenters. The molecule has 6 nitrogen and oxygen atoms in total.